The highest BCUT2D eigenvalue weighted by Gasteiger charge is 2.42. The molecule has 52 valence electrons. The Labute approximate surface area is 54.4 Å². The summed E-state index contributed by atoms with van der Waals surface area (Å²) < 4.78 is 0. The fourth-order valence-corrected chi connectivity index (χ4v) is 0.133. The van der Waals surface area contributed by atoms with Gasteiger partial charge in [-0.05, 0) is 0 Å². The van der Waals surface area contributed by atoms with Crippen LogP contribution in [0.15, 0.2) is 0 Å². The van der Waals surface area contributed by atoms with Crippen LogP contribution in [0.2, 0.25) is 5.21 Å². The van der Waals surface area contributed by atoms with Crippen LogP contribution in [0.3, 0.4) is 0 Å². The van der Waals surface area contributed by atoms with Crippen LogP contribution in [0.25, 0.3) is 0 Å². The first-order chi connectivity index (χ1) is 3.89. The molecule has 0 aromatic heterocycles. The minimum Gasteiger partial charge on any atom is -0.427 e. The molecular formula is C3H10B2O4. The molecule has 0 aliphatic carbocycles. The molecule has 0 fully saturated rings. The molecule has 0 aliphatic heterocycles. The van der Waals surface area contributed by atoms with E-state index >= 15 is 0 Å². The molecule has 4 nitrogen and oxygen atoms in total. The van der Waals surface area contributed by atoms with Gasteiger partial charge in [-0.25, -0.2) is 0 Å². The van der Waals surface area contributed by atoms with E-state index in [4.69, 9.17) is 20.1 Å². The molecular weight excluding hydrogens is 122 g/mol. The van der Waals surface area contributed by atoms with Gasteiger partial charge in [0.2, 0.25) is 0 Å². The van der Waals surface area contributed by atoms with Crippen molar-refractivity contribution >= 4 is 14.2 Å². The Balaban J connectivity index is 4.01. The lowest BCUT2D eigenvalue weighted by Gasteiger charge is -2.20. The van der Waals surface area contributed by atoms with E-state index in [9.17, 15) is 0 Å². The molecule has 0 spiro atoms. The molecule has 0 saturated carbocycles. The van der Waals surface area contributed by atoms with Gasteiger partial charge in [0.25, 0.3) is 0 Å². The van der Waals surface area contributed by atoms with Gasteiger partial charge in [0.1, 0.15) is 0 Å². The number of hydrogen-bond acceptors (Lipinski definition) is 4. The monoisotopic (exact) mass is 132 g/mol. The van der Waals surface area contributed by atoms with Crippen molar-refractivity contribution in [1.82, 2.24) is 0 Å². The zero-order valence-electron chi connectivity index (χ0n) is 5.44. The zero-order chi connectivity index (χ0) is 7.65. The summed E-state index contributed by atoms with van der Waals surface area (Å²) in [7, 11) is -3.42. The van der Waals surface area contributed by atoms with E-state index in [0.717, 1.165) is 0 Å². The summed E-state index contributed by atoms with van der Waals surface area (Å²) in [4.78, 5) is 0. The molecule has 0 saturated heterocycles. The standard InChI is InChI=1S/C3H10B2O4/c1-3(2,4(6)7)5(8)9/h6-9H,1-2H3. The fraction of sp³-hybridized carbons (Fsp3) is 1.00. The lowest BCUT2D eigenvalue weighted by Crippen LogP contribution is -2.41. The smallest absolute Gasteiger partial charge is 0.427 e. The highest BCUT2D eigenvalue weighted by atomic mass is 16.4. The molecule has 0 aliphatic rings. The van der Waals surface area contributed by atoms with Crippen molar-refractivity contribution in [3.63, 3.8) is 0 Å². The van der Waals surface area contributed by atoms with E-state index in [0.29, 0.717) is 0 Å². The van der Waals surface area contributed by atoms with E-state index < -0.39 is 19.5 Å². The molecule has 0 heterocycles. The van der Waals surface area contributed by atoms with Gasteiger partial charge < -0.3 is 20.1 Å². The van der Waals surface area contributed by atoms with E-state index in [-0.39, 0.29) is 0 Å². The average molecular weight is 132 g/mol. The molecule has 0 amide bonds. The first kappa shape index (κ1) is 8.97. The van der Waals surface area contributed by atoms with Crippen LogP contribution < -0.4 is 0 Å². The van der Waals surface area contributed by atoms with Gasteiger partial charge >= 0.3 is 14.2 Å². The Hall–Kier alpha value is -0.0301. The normalized spacial score (nSPS) is 11.3. The minimum absolute atomic E-state index is 1.28. The number of hydrogen-bond donors (Lipinski definition) is 4. The van der Waals surface area contributed by atoms with Crippen molar-refractivity contribution in [3.05, 3.63) is 0 Å². The third-order valence-corrected chi connectivity index (χ3v) is 1.33. The lowest BCUT2D eigenvalue weighted by atomic mass is 9.42. The van der Waals surface area contributed by atoms with E-state index in [1.165, 1.54) is 13.8 Å². The summed E-state index contributed by atoms with van der Waals surface area (Å²) in [5.74, 6) is 0. The van der Waals surface area contributed by atoms with Crippen LogP contribution in [0.5, 0.6) is 0 Å². The van der Waals surface area contributed by atoms with Crippen molar-refractivity contribution in [2.24, 2.45) is 0 Å². The van der Waals surface area contributed by atoms with Gasteiger partial charge in [-0.3, -0.25) is 0 Å². The first-order valence-electron chi connectivity index (χ1n) is 2.61. The van der Waals surface area contributed by atoms with Crippen molar-refractivity contribution < 1.29 is 20.1 Å². The highest BCUT2D eigenvalue weighted by molar-refractivity contribution is 6.67. The lowest BCUT2D eigenvalue weighted by molar-refractivity contribution is 0.331. The third-order valence-electron chi connectivity index (χ3n) is 1.33. The topological polar surface area (TPSA) is 80.9 Å². The average Bonchev–Trinajstić information content (AvgIpc) is 1.65. The maximum absolute atomic E-state index is 8.49. The second-order valence-corrected chi connectivity index (χ2v) is 2.57. The van der Waals surface area contributed by atoms with E-state index in [2.05, 4.69) is 0 Å². The van der Waals surface area contributed by atoms with Gasteiger partial charge in [-0.1, -0.05) is 13.8 Å². The van der Waals surface area contributed by atoms with Gasteiger partial charge in [-0.2, -0.15) is 0 Å². The van der Waals surface area contributed by atoms with Crippen molar-refractivity contribution in [2.45, 2.75) is 19.1 Å². The zero-order valence-corrected chi connectivity index (χ0v) is 5.44. The molecule has 6 heteroatoms. The fourth-order valence-electron chi connectivity index (χ4n) is 0.133. The summed E-state index contributed by atoms with van der Waals surface area (Å²) in [5, 5.41) is 32.7. The Bertz CT molecular complexity index is 81.8. The summed E-state index contributed by atoms with van der Waals surface area (Å²) in [6, 6.07) is 0. The molecule has 0 radical (unpaired) electrons. The van der Waals surface area contributed by atoms with E-state index in [1.54, 1.807) is 0 Å². The largest absolute Gasteiger partial charge is 0.455 e. The second-order valence-electron chi connectivity index (χ2n) is 2.57. The first-order valence-corrected chi connectivity index (χ1v) is 2.61. The maximum Gasteiger partial charge on any atom is 0.455 e. The van der Waals surface area contributed by atoms with Gasteiger partial charge in [0, 0.05) is 5.21 Å². The second kappa shape index (κ2) is 2.70. The van der Waals surface area contributed by atoms with Crippen molar-refractivity contribution in [1.29, 1.82) is 0 Å². The van der Waals surface area contributed by atoms with Crippen molar-refractivity contribution in [3.8, 4) is 0 Å². The van der Waals surface area contributed by atoms with E-state index in [1.807, 2.05) is 0 Å². The highest BCUT2D eigenvalue weighted by Crippen LogP contribution is 2.25. The predicted molar refractivity (Wildman–Crippen MR) is 34.4 cm³/mol. The number of rotatable bonds is 2. The Morgan fingerprint density at radius 2 is 1.11 bits per heavy atom. The maximum atomic E-state index is 8.49. The van der Waals surface area contributed by atoms with Crippen LogP contribution in [0, 0.1) is 0 Å². The molecule has 0 bridgehead atoms. The predicted octanol–water partition coefficient (Wildman–Crippen LogP) is -1.75. The summed E-state index contributed by atoms with van der Waals surface area (Å²) >= 11 is 0. The molecule has 0 rings (SSSR count). The van der Waals surface area contributed by atoms with Crippen LogP contribution in [0.1, 0.15) is 13.8 Å². The quantitative estimate of drug-likeness (QED) is 0.335. The SMILES string of the molecule is CC(C)(B(O)O)B(O)O. The van der Waals surface area contributed by atoms with Crippen LogP contribution in [-0.2, 0) is 0 Å². The van der Waals surface area contributed by atoms with Crippen molar-refractivity contribution in [2.75, 3.05) is 0 Å². The van der Waals surface area contributed by atoms with Gasteiger partial charge in [-0.15, -0.1) is 0 Å². The Kier molecular flexibility index (Phi) is 2.69. The van der Waals surface area contributed by atoms with Crippen LogP contribution >= 0.6 is 0 Å². The Morgan fingerprint density at radius 1 is 0.889 bits per heavy atom. The minimum atomic E-state index is -1.71. The summed E-state index contributed by atoms with van der Waals surface area (Å²) in [6.45, 7) is 2.67. The molecule has 0 aromatic rings. The molecule has 4 N–H and O–H groups in total. The molecule has 0 unspecified atom stereocenters. The summed E-state index contributed by atoms with van der Waals surface area (Å²) in [5.41, 5.74) is 0. The summed E-state index contributed by atoms with van der Waals surface area (Å²) in [6.07, 6.45) is 0. The Morgan fingerprint density at radius 3 is 1.11 bits per heavy atom. The van der Waals surface area contributed by atoms with Gasteiger partial charge in [0.15, 0.2) is 0 Å². The van der Waals surface area contributed by atoms with Crippen LogP contribution in [0.4, 0.5) is 0 Å². The molecule has 0 aromatic carbocycles. The third kappa shape index (κ3) is 1.98. The van der Waals surface area contributed by atoms with Crippen LogP contribution in [-0.4, -0.2) is 34.3 Å². The molecule has 9 heavy (non-hydrogen) atoms. The molecule has 0 atom stereocenters. The van der Waals surface area contributed by atoms with Gasteiger partial charge in [0.05, 0.1) is 0 Å².